The zero-order valence-corrected chi connectivity index (χ0v) is 11.8. The Kier molecular flexibility index (Phi) is 5.38. The highest BCUT2D eigenvalue weighted by Crippen LogP contribution is 2.16. The Hall–Kier alpha value is -1.59. The van der Waals surface area contributed by atoms with Gasteiger partial charge in [0.25, 0.3) is 0 Å². The molecule has 1 aliphatic heterocycles. The molecule has 1 heterocycles. The molecule has 2 amide bonds. The second-order valence-corrected chi connectivity index (χ2v) is 5.20. The minimum absolute atomic E-state index is 0.200. The fourth-order valence-electron chi connectivity index (χ4n) is 2.22. The number of aliphatic hydroxyl groups is 1. The Labute approximate surface area is 119 Å². The molecule has 1 aromatic carbocycles. The molecular formula is C15H22N2O3. The highest BCUT2D eigenvalue weighted by atomic mass is 16.5. The summed E-state index contributed by atoms with van der Waals surface area (Å²) in [5.74, 6) is 0.570. The van der Waals surface area contributed by atoms with Gasteiger partial charge in [-0.2, -0.15) is 0 Å². The Morgan fingerprint density at radius 1 is 1.45 bits per heavy atom. The van der Waals surface area contributed by atoms with Gasteiger partial charge in [0.1, 0.15) is 0 Å². The quantitative estimate of drug-likeness (QED) is 0.774. The smallest absolute Gasteiger partial charge is 0.319 e. The molecule has 5 nitrogen and oxygen atoms in total. The van der Waals surface area contributed by atoms with E-state index < -0.39 is 6.10 Å². The van der Waals surface area contributed by atoms with Gasteiger partial charge < -0.3 is 20.5 Å². The monoisotopic (exact) mass is 278 g/mol. The van der Waals surface area contributed by atoms with Crippen molar-refractivity contribution in [3.05, 3.63) is 29.8 Å². The van der Waals surface area contributed by atoms with Crippen LogP contribution in [-0.4, -0.2) is 30.9 Å². The van der Waals surface area contributed by atoms with Crippen molar-refractivity contribution < 1.29 is 14.6 Å². The minimum Gasteiger partial charge on any atom is -0.389 e. The third-order valence-corrected chi connectivity index (χ3v) is 3.51. The van der Waals surface area contributed by atoms with Gasteiger partial charge in [-0.05, 0) is 43.4 Å². The van der Waals surface area contributed by atoms with E-state index in [9.17, 15) is 9.90 Å². The van der Waals surface area contributed by atoms with Gasteiger partial charge in [-0.1, -0.05) is 12.1 Å². The van der Waals surface area contributed by atoms with Crippen LogP contribution in [0.2, 0.25) is 0 Å². The van der Waals surface area contributed by atoms with Crippen LogP contribution in [0, 0.1) is 5.92 Å². The lowest BCUT2D eigenvalue weighted by Gasteiger charge is -2.11. The molecule has 0 radical (unpaired) electrons. The average Bonchev–Trinajstić information content (AvgIpc) is 2.92. The number of amides is 2. The summed E-state index contributed by atoms with van der Waals surface area (Å²) in [6.45, 7) is 4.02. The molecule has 110 valence electrons. The third-order valence-electron chi connectivity index (χ3n) is 3.51. The molecule has 5 heteroatoms. The number of aliphatic hydroxyl groups excluding tert-OH is 1. The molecule has 3 N–H and O–H groups in total. The number of anilines is 1. The van der Waals surface area contributed by atoms with Gasteiger partial charge in [-0.15, -0.1) is 0 Å². The topological polar surface area (TPSA) is 70.6 Å². The second-order valence-electron chi connectivity index (χ2n) is 5.20. The fourth-order valence-corrected chi connectivity index (χ4v) is 2.22. The van der Waals surface area contributed by atoms with Crippen LogP contribution in [0.5, 0.6) is 0 Å². The van der Waals surface area contributed by atoms with E-state index in [4.69, 9.17) is 4.74 Å². The Morgan fingerprint density at radius 2 is 2.20 bits per heavy atom. The van der Waals surface area contributed by atoms with E-state index in [-0.39, 0.29) is 6.03 Å². The van der Waals surface area contributed by atoms with Crippen LogP contribution >= 0.6 is 0 Å². The first-order valence-corrected chi connectivity index (χ1v) is 7.06. The van der Waals surface area contributed by atoms with Gasteiger partial charge in [0.05, 0.1) is 6.10 Å². The average molecular weight is 278 g/mol. The maximum Gasteiger partial charge on any atom is 0.319 e. The lowest BCUT2D eigenvalue weighted by atomic mass is 10.1. The molecule has 1 aliphatic rings. The largest absolute Gasteiger partial charge is 0.389 e. The van der Waals surface area contributed by atoms with Gasteiger partial charge in [0.2, 0.25) is 0 Å². The number of nitrogens with one attached hydrogen (secondary N) is 2. The first kappa shape index (κ1) is 14.8. The summed E-state index contributed by atoms with van der Waals surface area (Å²) in [6.07, 6.45) is 1.55. The van der Waals surface area contributed by atoms with Crippen molar-refractivity contribution in [3.8, 4) is 0 Å². The molecule has 20 heavy (non-hydrogen) atoms. The van der Waals surface area contributed by atoms with Crippen molar-refractivity contribution in [3.63, 3.8) is 0 Å². The van der Waals surface area contributed by atoms with Crippen LogP contribution in [0.15, 0.2) is 24.3 Å². The van der Waals surface area contributed by atoms with Crippen molar-refractivity contribution in [2.75, 3.05) is 25.1 Å². The summed E-state index contributed by atoms with van der Waals surface area (Å²) >= 11 is 0. The van der Waals surface area contributed by atoms with E-state index in [1.165, 1.54) is 0 Å². The first-order valence-electron chi connectivity index (χ1n) is 7.06. The number of carbonyl (C=O) groups excluding carboxylic acids is 1. The molecule has 2 rings (SSSR count). The summed E-state index contributed by atoms with van der Waals surface area (Å²) in [4.78, 5) is 11.7. The summed E-state index contributed by atoms with van der Waals surface area (Å²) in [7, 11) is 0. The summed E-state index contributed by atoms with van der Waals surface area (Å²) in [6, 6.07) is 6.97. The van der Waals surface area contributed by atoms with Crippen LogP contribution in [0.3, 0.4) is 0 Å². The molecule has 0 saturated carbocycles. The van der Waals surface area contributed by atoms with Crippen LogP contribution in [0.4, 0.5) is 10.5 Å². The number of ether oxygens (including phenoxy) is 1. The lowest BCUT2D eigenvalue weighted by molar-refractivity contribution is 0.184. The SMILES string of the molecule is CC(O)c1ccc(NC(=O)NCCC2CCOC2)cc1. The fraction of sp³-hybridized carbons (Fsp3) is 0.533. The predicted octanol–water partition coefficient (Wildman–Crippen LogP) is 2.29. The normalized spacial score (nSPS) is 19.6. The van der Waals surface area contributed by atoms with Crippen molar-refractivity contribution >= 4 is 11.7 Å². The van der Waals surface area contributed by atoms with E-state index in [0.717, 1.165) is 37.3 Å². The van der Waals surface area contributed by atoms with Crippen molar-refractivity contribution in [2.45, 2.75) is 25.9 Å². The van der Waals surface area contributed by atoms with Crippen LogP contribution < -0.4 is 10.6 Å². The molecule has 0 bridgehead atoms. The minimum atomic E-state index is -0.494. The van der Waals surface area contributed by atoms with Gasteiger partial charge >= 0.3 is 6.03 Å². The van der Waals surface area contributed by atoms with Gasteiger partial charge in [-0.3, -0.25) is 0 Å². The van der Waals surface area contributed by atoms with Crippen LogP contribution in [-0.2, 0) is 4.74 Å². The zero-order valence-electron chi connectivity index (χ0n) is 11.8. The van der Waals surface area contributed by atoms with Crippen molar-refractivity contribution in [1.82, 2.24) is 5.32 Å². The molecule has 0 aliphatic carbocycles. The lowest BCUT2D eigenvalue weighted by Crippen LogP contribution is -2.30. The number of carbonyl (C=O) groups is 1. The number of benzene rings is 1. The highest BCUT2D eigenvalue weighted by molar-refractivity contribution is 5.89. The Bertz CT molecular complexity index is 425. The first-order chi connectivity index (χ1) is 9.65. The molecule has 2 atom stereocenters. The molecule has 1 saturated heterocycles. The van der Waals surface area contributed by atoms with Gasteiger partial charge in [0, 0.05) is 25.4 Å². The standard InChI is InChI=1S/C15H22N2O3/c1-11(18)13-2-4-14(5-3-13)17-15(19)16-8-6-12-7-9-20-10-12/h2-5,11-12,18H,6-10H2,1H3,(H2,16,17,19). The summed E-state index contributed by atoms with van der Waals surface area (Å²) in [5.41, 5.74) is 1.55. The number of hydrogen-bond donors (Lipinski definition) is 3. The number of urea groups is 1. The van der Waals surface area contributed by atoms with E-state index in [1.54, 1.807) is 31.2 Å². The van der Waals surface area contributed by atoms with E-state index in [1.807, 2.05) is 0 Å². The molecule has 2 unspecified atom stereocenters. The highest BCUT2D eigenvalue weighted by Gasteiger charge is 2.15. The molecular weight excluding hydrogens is 256 g/mol. The van der Waals surface area contributed by atoms with Gasteiger partial charge in [-0.25, -0.2) is 4.79 Å². The van der Waals surface area contributed by atoms with Crippen LogP contribution in [0.25, 0.3) is 0 Å². The number of hydrogen-bond acceptors (Lipinski definition) is 3. The maximum absolute atomic E-state index is 11.7. The van der Waals surface area contributed by atoms with E-state index in [0.29, 0.717) is 12.5 Å². The van der Waals surface area contributed by atoms with Crippen molar-refractivity contribution in [2.24, 2.45) is 5.92 Å². The Balaban J connectivity index is 1.70. The molecule has 0 aromatic heterocycles. The second kappa shape index (κ2) is 7.26. The van der Waals surface area contributed by atoms with E-state index >= 15 is 0 Å². The number of rotatable bonds is 5. The third kappa shape index (κ3) is 4.51. The van der Waals surface area contributed by atoms with Crippen molar-refractivity contribution in [1.29, 1.82) is 0 Å². The predicted molar refractivity (Wildman–Crippen MR) is 77.6 cm³/mol. The molecule has 1 aromatic rings. The van der Waals surface area contributed by atoms with E-state index in [2.05, 4.69) is 10.6 Å². The van der Waals surface area contributed by atoms with Crippen LogP contribution in [0.1, 0.15) is 31.4 Å². The maximum atomic E-state index is 11.7. The Morgan fingerprint density at radius 3 is 2.80 bits per heavy atom. The zero-order chi connectivity index (χ0) is 14.4. The van der Waals surface area contributed by atoms with Gasteiger partial charge in [0.15, 0.2) is 0 Å². The summed E-state index contributed by atoms with van der Waals surface area (Å²) < 4.78 is 5.29. The molecule has 1 fully saturated rings. The summed E-state index contributed by atoms with van der Waals surface area (Å²) in [5, 5.41) is 15.0. The molecule has 0 spiro atoms.